The molecule has 0 aliphatic carbocycles. The highest BCUT2D eigenvalue weighted by atomic mass is 32.1. The van der Waals surface area contributed by atoms with E-state index in [0.717, 1.165) is 4.70 Å². The third kappa shape index (κ3) is 1.48. The van der Waals surface area contributed by atoms with Crippen LogP contribution in [0.15, 0.2) is 23.6 Å². The van der Waals surface area contributed by atoms with Crippen molar-refractivity contribution in [3.05, 3.63) is 35.0 Å². The number of fused-ring (bicyclic) bond motifs is 1. The van der Waals surface area contributed by atoms with E-state index in [1.165, 1.54) is 17.4 Å². The Balaban J connectivity index is 2.56. The number of hydrogen-bond acceptors (Lipinski definition) is 2. The number of halogens is 1. The minimum absolute atomic E-state index is 0.239. The molecular formula is C10H7FO2S. The highest BCUT2D eigenvalue weighted by molar-refractivity contribution is 7.17. The molecule has 0 spiro atoms. The summed E-state index contributed by atoms with van der Waals surface area (Å²) in [6.07, 6.45) is -0.266. The van der Waals surface area contributed by atoms with Gasteiger partial charge in [0.05, 0.1) is 6.42 Å². The van der Waals surface area contributed by atoms with Crippen molar-refractivity contribution >= 4 is 27.4 Å². The molecule has 1 N–H and O–H groups in total. The summed E-state index contributed by atoms with van der Waals surface area (Å²) >= 11 is 1.44. The number of benzene rings is 1. The lowest BCUT2D eigenvalue weighted by Gasteiger charge is -2.00. The average molecular weight is 210 g/mol. The summed E-state index contributed by atoms with van der Waals surface area (Å²) in [5.74, 6) is -1.43. The van der Waals surface area contributed by atoms with Crippen molar-refractivity contribution < 1.29 is 14.3 Å². The van der Waals surface area contributed by atoms with Gasteiger partial charge < -0.3 is 5.11 Å². The molecule has 1 heterocycles. The Kier molecular flexibility index (Phi) is 2.21. The molecule has 0 amide bonds. The van der Waals surface area contributed by atoms with E-state index in [2.05, 4.69) is 0 Å². The molecule has 0 atom stereocenters. The van der Waals surface area contributed by atoms with Gasteiger partial charge in [-0.25, -0.2) is 4.39 Å². The van der Waals surface area contributed by atoms with Crippen LogP contribution in [0.1, 0.15) is 5.56 Å². The summed E-state index contributed by atoms with van der Waals surface area (Å²) in [5.41, 5.74) is 0.239. The topological polar surface area (TPSA) is 37.3 Å². The van der Waals surface area contributed by atoms with Crippen molar-refractivity contribution in [3.8, 4) is 0 Å². The molecule has 0 saturated heterocycles. The second-order valence-corrected chi connectivity index (χ2v) is 3.89. The Hall–Kier alpha value is -1.42. The first-order valence-corrected chi connectivity index (χ1v) is 4.93. The van der Waals surface area contributed by atoms with Gasteiger partial charge in [0.25, 0.3) is 0 Å². The van der Waals surface area contributed by atoms with Gasteiger partial charge in [-0.05, 0) is 23.1 Å². The molecule has 0 bridgehead atoms. The molecule has 0 saturated carbocycles. The van der Waals surface area contributed by atoms with Gasteiger partial charge >= 0.3 is 5.97 Å². The van der Waals surface area contributed by atoms with E-state index in [1.54, 1.807) is 17.5 Å². The van der Waals surface area contributed by atoms with Crippen LogP contribution in [-0.4, -0.2) is 11.1 Å². The van der Waals surface area contributed by atoms with Crippen LogP contribution in [0.4, 0.5) is 4.39 Å². The summed E-state index contributed by atoms with van der Waals surface area (Å²) in [6.45, 7) is 0. The van der Waals surface area contributed by atoms with Crippen LogP contribution in [0, 0.1) is 5.82 Å². The molecule has 2 aromatic rings. The van der Waals surface area contributed by atoms with Crippen LogP contribution < -0.4 is 0 Å². The molecule has 0 unspecified atom stereocenters. The number of carboxylic acid groups (broad SMARTS) is 1. The minimum atomic E-state index is -1.02. The summed E-state index contributed by atoms with van der Waals surface area (Å²) in [7, 11) is 0. The van der Waals surface area contributed by atoms with Gasteiger partial charge in [-0.2, -0.15) is 0 Å². The molecule has 0 aliphatic heterocycles. The summed E-state index contributed by atoms with van der Waals surface area (Å²) < 4.78 is 14.5. The molecule has 14 heavy (non-hydrogen) atoms. The highest BCUT2D eigenvalue weighted by Crippen LogP contribution is 2.25. The number of hydrogen-bond donors (Lipinski definition) is 1. The maximum Gasteiger partial charge on any atom is 0.307 e. The van der Waals surface area contributed by atoms with Gasteiger partial charge in [0.1, 0.15) is 5.82 Å². The fourth-order valence-corrected chi connectivity index (χ4v) is 2.14. The van der Waals surface area contributed by atoms with Crippen molar-refractivity contribution in [1.29, 1.82) is 0 Å². The van der Waals surface area contributed by atoms with Crippen molar-refractivity contribution in [3.63, 3.8) is 0 Å². The average Bonchev–Trinajstić information content (AvgIpc) is 2.57. The molecule has 2 rings (SSSR count). The quantitative estimate of drug-likeness (QED) is 0.827. The maximum atomic E-state index is 13.6. The summed E-state index contributed by atoms with van der Waals surface area (Å²) in [6, 6.07) is 4.95. The smallest absolute Gasteiger partial charge is 0.307 e. The van der Waals surface area contributed by atoms with Gasteiger partial charge in [-0.15, -0.1) is 11.3 Å². The van der Waals surface area contributed by atoms with Crippen molar-refractivity contribution in [2.45, 2.75) is 6.42 Å². The van der Waals surface area contributed by atoms with E-state index in [1.807, 2.05) is 0 Å². The number of aliphatic carboxylic acids is 1. The van der Waals surface area contributed by atoms with Crippen LogP contribution >= 0.6 is 11.3 Å². The van der Waals surface area contributed by atoms with Gasteiger partial charge in [-0.3, -0.25) is 4.79 Å². The number of thiophene rings is 1. The lowest BCUT2D eigenvalue weighted by Crippen LogP contribution is -2.02. The van der Waals surface area contributed by atoms with Gasteiger partial charge in [0, 0.05) is 10.1 Å². The normalized spacial score (nSPS) is 10.6. The van der Waals surface area contributed by atoms with Crippen LogP contribution in [0.25, 0.3) is 10.1 Å². The highest BCUT2D eigenvalue weighted by Gasteiger charge is 2.10. The Morgan fingerprint density at radius 2 is 2.21 bits per heavy atom. The molecular weight excluding hydrogens is 203 g/mol. The molecule has 1 aromatic carbocycles. The Bertz CT molecular complexity index is 490. The van der Waals surface area contributed by atoms with E-state index in [4.69, 9.17) is 5.11 Å². The van der Waals surface area contributed by atoms with E-state index in [-0.39, 0.29) is 12.0 Å². The predicted octanol–water partition coefficient (Wildman–Crippen LogP) is 2.67. The van der Waals surface area contributed by atoms with Crippen LogP contribution in [-0.2, 0) is 11.2 Å². The van der Waals surface area contributed by atoms with Crippen LogP contribution in [0.2, 0.25) is 0 Å². The summed E-state index contributed by atoms with van der Waals surface area (Å²) in [4.78, 5) is 10.4. The van der Waals surface area contributed by atoms with Crippen LogP contribution in [0.3, 0.4) is 0 Å². The molecule has 1 aromatic heterocycles. The standard InChI is InChI=1S/C10H7FO2S/c11-10-6(5-9(12)13)1-2-8-7(10)3-4-14-8/h1-4H,5H2,(H,12,13). The van der Waals surface area contributed by atoms with Gasteiger partial charge in [0.15, 0.2) is 0 Å². The van der Waals surface area contributed by atoms with E-state index >= 15 is 0 Å². The first-order chi connectivity index (χ1) is 6.68. The van der Waals surface area contributed by atoms with Crippen molar-refractivity contribution in [2.24, 2.45) is 0 Å². The minimum Gasteiger partial charge on any atom is -0.481 e. The molecule has 72 valence electrons. The molecule has 0 radical (unpaired) electrons. The zero-order valence-electron chi connectivity index (χ0n) is 7.16. The first kappa shape index (κ1) is 9.15. The third-order valence-electron chi connectivity index (χ3n) is 1.99. The Labute approximate surface area is 83.6 Å². The van der Waals surface area contributed by atoms with Crippen molar-refractivity contribution in [1.82, 2.24) is 0 Å². The third-order valence-corrected chi connectivity index (χ3v) is 2.87. The second-order valence-electron chi connectivity index (χ2n) is 2.94. The van der Waals surface area contributed by atoms with E-state index in [9.17, 15) is 9.18 Å². The zero-order chi connectivity index (χ0) is 10.1. The second kappa shape index (κ2) is 3.38. The van der Waals surface area contributed by atoms with Crippen molar-refractivity contribution in [2.75, 3.05) is 0 Å². The lowest BCUT2D eigenvalue weighted by atomic mass is 10.1. The van der Waals surface area contributed by atoms with Gasteiger partial charge in [0.2, 0.25) is 0 Å². The SMILES string of the molecule is O=C(O)Cc1ccc2sccc2c1F. The molecule has 0 fully saturated rings. The Morgan fingerprint density at radius 1 is 1.43 bits per heavy atom. The first-order valence-electron chi connectivity index (χ1n) is 4.05. The molecule has 0 aliphatic rings. The number of carbonyl (C=O) groups is 1. The van der Waals surface area contributed by atoms with Crippen LogP contribution in [0.5, 0.6) is 0 Å². The maximum absolute atomic E-state index is 13.6. The molecule has 4 heteroatoms. The van der Waals surface area contributed by atoms with E-state index in [0.29, 0.717) is 5.39 Å². The lowest BCUT2D eigenvalue weighted by molar-refractivity contribution is -0.136. The monoisotopic (exact) mass is 210 g/mol. The summed E-state index contributed by atoms with van der Waals surface area (Å²) in [5, 5.41) is 10.8. The van der Waals surface area contributed by atoms with E-state index < -0.39 is 11.8 Å². The fourth-order valence-electron chi connectivity index (χ4n) is 1.35. The van der Waals surface area contributed by atoms with Gasteiger partial charge in [-0.1, -0.05) is 6.07 Å². The predicted molar refractivity (Wildman–Crippen MR) is 53.1 cm³/mol. The number of carboxylic acids is 1. The largest absolute Gasteiger partial charge is 0.481 e. The molecule has 2 nitrogen and oxygen atoms in total. The Morgan fingerprint density at radius 3 is 2.93 bits per heavy atom. The fraction of sp³-hybridized carbons (Fsp3) is 0.100. The zero-order valence-corrected chi connectivity index (χ0v) is 7.97. The number of rotatable bonds is 2.